The van der Waals surface area contributed by atoms with Crippen LogP contribution in [0.25, 0.3) is 0 Å². The minimum absolute atomic E-state index is 0.0204. The zero-order chi connectivity index (χ0) is 14.3. The maximum Gasteiger partial charge on any atom is 0.239 e. The predicted octanol–water partition coefficient (Wildman–Crippen LogP) is -1.93. The summed E-state index contributed by atoms with van der Waals surface area (Å²) < 4.78 is 0. The highest BCUT2D eigenvalue weighted by molar-refractivity contribution is 5.82. The van der Waals surface area contributed by atoms with E-state index < -0.39 is 6.04 Å². The lowest BCUT2D eigenvalue weighted by atomic mass is 10.1. The van der Waals surface area contributed by atoms with Crippen LogP contribution in [0.4, 0.5) is 0 Å². The highest BCUT2D eigenvalue weighted by atomic mass is 16.2. The molecule has 7 heteroatoms. The van der Waals surface area contributed by atoms with Crippen molar-refractivity contribution in [3.8, 4) is 0 Å². The third-order valence-corrected chi connectivity index (χ3v) is 3.41. The van der Waals surface area contributed by atoms with Gasteiger partial charge in [0.25, 0.3) is 0 Å². The van der Waals surface area contributed by atoms with Gasteiger partial charge in [-0.25, -0.2) is 0 Å². The van der Waals surface area contributed by atoms with Gasteiger partial charge in [0.2, 0.25) is 11.8 Å². The van der Waals surface area contributed by atoms with Crippen molar-refractivity contribution in [1.29, 1.82) is 0 Å². The van der Waals surface area contributed by atoms with E-state index in [9.17, 15) is 9.59 Å². The summed E-state index contributed by atoms with van der Waals surface area (Å²) in [5.74, 6) is -0.101. The third kappa shape index (κ3) is 4.77. The quantitative estimate of drug-likeness (QED) is 0.486. The molecule has 0 aromatic carbocycles. The Morgan fingerprint density at radius 1 is 1.00 bits per heavy atom. The summed E-state index contributed by atoms with van der Waals surface area (Å²) >= 11 is 0. The summed E-state index contributed by atoms with van der Waals surface area (Å²) in [6, 6.07) is -0.455. The van der Waals surface area contributed by atoms with Crippen LogP contribution in [-0.2, 0) is 9.59 Å². The van der Waals surface area contributed by atoms with Gasteiger partial charge in [-0.3, -0.25) is 9.59 Å². The van der Waals surface area contributed by atoms with Gasteiger partial charge in [-0.1, -0.05) is 6.42 Å². The van der Waals surface area contributed by atoms with Crippen molar-refractivity contribution in [2.75, 3.05) is 39.3 Å². The molecule has 1 aliphatic heterocycles. The number of hydrogen-bond donors (Lipinski definition) is 3. The van der Waals surface area contributed by atoms with Crippen molar-refractivity contribution in [2.24, 2.45) is 17.2 Å². The summed E-state index contributed by atoms with van der Waals surface area (Å²) in [6.07, 6.45) is 2.42. The Hall–Kier alpha value is -1.18. The highest BCUT2D eigenvalue weighted by Gasteiger charge is 2.26. The SMILES string of the molecule is NCCCC[C@H](N)C(=O)N1CCN(C(=O)CN)CC1. The minimum atomic E-state index is -0.455. The van der Waals surface area contributed by atoms with Crippen LogP contribution < -0.4 is 17.2 Å². The lowest BCUT2D eigenvalue weighted by molar-refractivity contribution is -0.139. The first kappa shape index (κ1) is 15.9. The normalized spacial score (nSPS) is 17.4. The lowest BCUT2D eigenvalue weighted by Gasteiger charge is -2.35. The first-order valence-corrected chi connectivity index (χ1v) is 6.82. The maximum atomic E-state index is 12.1. The van der Waals surface area contributed by atoms with Crippen molar-refractivity contribution in [1.82, 2.24) is 9.80 Å². The van der Waals surface area contributed by atoms with Gasteiger partial charge in [0.1, 0.15) is 0 Å². The summed E-state index contributed by atoms with van der Waals surface area (Å²) in [4.78, 5) is 26.9. The molecule has 1 heterocycles. The molecule has 19 heavy (non-hydrogen) atoms. The van der Waals surface area contributed by atoms with Crippen molar-refractivity contribution < 1.29 is 9.59 Å². The Morgan fingerprint density at radius 2 is 1.58 bits per heavy atom. The topological polar surface area (TPSA) is 119 Å². The van der Waals surface area contributed by atoms with Crippen molar-refractivity contribution >= 4 is 11.8 Å². The number of nitrogens with two attached hydrogens (primary N) is 3. The third-order valence-electron chi connectivity index (χ3n) is 3.41. The van der Waals surface area contributed by atoms with Gasteiger partial charge in [0.15, 0.2) is 0 Å². The second-order valence-electron chi connectivity index (χ2n) is 4.80. The molecule has 0 aliphatic carbocycles. The van der Waals surface area contributed by atoms with Crippen LogP contribution in [0, 0.1) is 0 Å². The first-order chi connectivity index (χ1) is 9.10. The van der Waals surface area contributed by atoms with E-state index in [1.165, 1.54) is 0 Å². The van der Waals surface area contributed by atoms with Gasteiger partial charge in [0, 0.05) is 26.2 Å². The predicted molar refractivity (Wildman–Crippen MR) is 73.1 cm³/mol. The molecule has 110 valence electrons. The largest absolute Gasteiger partial charge is 0.338 e. The zero-order valence-electron chi connectivity index (χ0n) is 11.4. The van der Waals surface area contributed by atoms with Gasteiger partial charge in [-0.15, -0.1) is 0 Å². The number of amides is 2. The van der Waals surface area contributed by atoms with Crippen LogP contribution in [0.15, 0.2) is 0 Å². The number of carbonyl (C=O) groups excluding carboxylic acids is 2. The summed E-state index contributed by atoms with van der Waals surface area (Å²) in [5.41, 5.74) is 16.6. The van der Waals surface area contributed by atoms with Crippen LogP contribution in [0.3, 0.4) is 0 Å². The van der Waals surface area contributed by atoms with E-state index in [1.807, 2.05) is 0 Å². The van der Waals surface area contributed by atoms with Gasteiger partial charge in [0.05, 0.1) is 12.6 Å². The van der Waals surface area contributed by atoms with Crippen LogP contribution in [0.5, 0.6) is 0 Å². The Labute approximate surface area is 114 Å². The number of rotatable bonds is 6. The van der Waals surface area contributed by atoms with Crippen LogP contribution in [0.1, 0.15) is 19.3 Å². The van der Waals surface area contributed by atoms with Crippen LogP contribution in [-0.4, -0.2) is 66.9 Å². The van der Waals surface area contributed by atoms with E-state index in [2.05, 4.69) is 0 Å². The van der Waals surface area contributed by atoms with Crippen LogP contribution >= 0.6 is 0 Å². The molecule has 1 aliphatic rings. The zero-order valence-corrected chi connectivity index (χ0v) is 11.4. The number of carbonyl (C=O) groups is 2. The summed E-state index contributed by atoms with van der Waals surface area (Å²) in [7, 11) is 0. The molecule has 1 atom stereocenters. The molecule has 0 spiro atoms. The number of hydrogen-bond acceptors (Lipinski definition) is 5. The summed E-state index contributed by atoms with van der Waals surface area (Å²) in [5, 5.41) is 0. The molecule has 0 unspecified atom stereocenters. The molecule has 0 aromatic heterocycles. The fraction of sp³-hybridized carbons (Fsp3) is 0.833. The molecule has 0 radical (unpaired) electrons. The second kappa shape index (κ2) is 8.08. The van der Waals surface area contributed by atoms with E-state index in [1.54, 1.807) is 9.80 Å². The fourth-order valence-electron chi connectivity index (χ4n) is 2.17. The molecule has 2 amide bonds. The average Bonchev–Trinajstić information content (AvgIpc) is 2.46. The smallest absolute Gasteiger partial charge is 0.239 e. The highest BCUT2D eigenvalue weighted by Crippen LogP contribution is 2.07. The lowest BCUT2D eigenvalue weighted by Crippen LogP contribution is -2.55. The molecule has 0 bridgehead atoms. The Balaban J connectivity index is 2.33. The number of piperazine rings is 1. The molecule has 1 saturated heterocycles. The average molecular weight is 271 g/mol. The van der Waals surface area contributed by atoms with Crippen molar-refractivity contribution in [3.05, 3.63) is 0 Å². The molecular weight excluding hydrogens is 246 g/mol. The van der Waals surface area contributed by atoms with Gasteiger partial charge in [-0.2, -0.15) is 0 Å². The number of nitrogens with zero attached hydrogens (tertiary/aromatic N) is 2. The Bertz CT molecular complexity index is 302. The van der Waals surface area contributed by atoms with E-state index in [0.717, 1.165) is 12.8 Å². The molecule has 0 aromatic rings. The van der Waals surface area contributed by atoms with Gasteiger partial charge in [-0.05, 0) is 19.4 Å². The fourth-order valence-corrected chi connectivity index (χ4v) is 2.17. The first-order valence-electron chi connectivity index (χ1n) is 6.82. The van der Waals surface area contributed by atoms with E-state index in [0.29, 0.717) is 39.1 Å². The van der Waals surface area contributed by atoms with Crippen molar-refractivity contribution in [2.45, 2.75) is 25.3 Å². The molecule has 1 fully saturated rings. The number of unbranched alkanes of at least 4 members (excludes halogenated alkanes) is 1. The van der Waals surface area contributed by atoms with Crippen molar-refractivity contribution in [3.63, 3.8) is 0 Å². The monoisotopic (exact) mass is 271 g/mol. The van der Waals surface area contributed by atoms with Gasteiger partial charge >= 0.3 is 0 Å². The molecule has 6 N–H and O–H groups in total. The summed E-state index contributed by atoms with van der Waals surface area (Å²) in [6.45, 7) is 2.80. The van der Waals surface area contributed by atoms with E-state index in [4.69, 9.17) is 17.2 Å². The molecule has 7 nitrogen and oxygen atoms in total. The maximum absolute atomic E-state index is 12.1. The van der Waals surface area contributed by atoms with E-state index >= 15 is 0 Å². The van der Waals surface area contributed by atoms with Crippen LogP contribution in [0.2, 0.25) is 0 Å². The Morgan fingerprint density at radius 3 is 2.11 bits per heavy atom. The van der Waals surface area contributed by atoms with E-state index in [-0.39, 0.29) is 18.4 Å². The second-order valence-corrected chi connectivity index (χ2v) is 4.80. The minimum Gasteiger partial charge on any atom is -0.338 e. The van der Waals surface area contributed by atoms with Gasteiger partial charge < -0.3 is 27.0 Å². The molecule has 0 saturated carbocycles. The molecule has 1 rings (SSSR count). The Kier molecular flexibility index (Phi) is 6.75. The standard InChI is InChI=1S/C12H25N5O2/c13-4-2-1-3-10(15)12(19)17-7-5-16(6-8-17)11(18)9-14/h10H,1-9,13-15H2/t10-/m0/s1. The molecular formula is C12H25N5O2.